The number of hydrogen-bond acceptors (Lipinski definition) is 3. The number of allylic oxidation sites excluding steroid dienone is 1. The van der Waals surface area contributed by atoms with Gasteiger partial charge in [-0.2, -0.15) is 5.26 Å². The maximum Gasteiger partial charge on any atom is 0.265 e. The average Bonchev–Trinajstić information content (AvgIpc) is 3.21. The highest BCUT2D eigenvalue weighted by atomic mass is 16.1. The zero-order valence-corrected chi connectivity index (χ0v) is 12.1. The lowest BCUT2D eigenvalue weighted by Crippen LogP contribution is -2.15. The van der Waals surface area contributed by atoms with E-state index in [9.17, 15) is 4.79 Å². The molecular formula is C16H19N3O. The Morgan fingerprint density at radius 2 is 2.15 bits per heavy atom. The van der Waals surface area contributed by atoms with Crippen molar-refractivity contribution in [2.45, 2.75) is 19.8 Å². The van der Waals surface area contributed by atoms with E-state index in [2.05, 4.69) is 5.32 Å². The molecule has 2 rings (SSSR count). The summed E-state index contributed by atoms with van der Waals surface area (Å²) in [5, 5.41) is 11.9. The van der Waals surface area contributed by atoms with E-state index in [0.29, 0.717) is 5.92 Å². The monoisotopic (exact) mass is 269 g/mol. The van der Waals surface area contributed by atoms with E-state index < -0.39 is 0 Å². The van der Waals surface area contributed by atoms with Crippen molar-refractivity contribution in [3.63, 3.8) is 0 Å². The van der Waals surface area contributed by atoms with Gasteiger partial charge in [-0.3, -0.25) is 4.79 Å². The fraction of sp³-hybridized carbons (Fsp3) is 0.375. The van der Waals surface area contributed by atoms with Gasteiger partial charge in [0, 0.05) is 25.5 Å². The number of carbonyl (C=O) groups is 1. The molecule has 1 amide bonds. The first kappa shape index (κ1) is 14.1. The van der Waals surface area contributed by atoms with Gasteiger partial charge in [-0.25, -0.2) is 0 Å². The van der Waals surface area contributed by atoms with Crippen molar-refractivity contribution < 1.29 is 4.79 Å². The highest BCUT2D eigenvalue weighted by molar-refractivity contribution is 6.07. The zero-order chi connectivity index (χ0) is 14.7. The predicted octanol–water partition coefficient (Wildman–Crippen LogP) is 2.86. The molecule has 4 nitrogen and oxygen atoms in total. The number of amides is 1. The molecule has 4 heteroatoms. The van der Waals surface area contributed by atoms with Crippen LogP contribution in [-0.2, 0) is 4.79 Å². The van der Waals surface area contributed by atoms with Crippen LogP contribution in [-0.4, -0.2) is 20.0 Å². The van der Waals surface area contributed by atoms with Crippen LogP contribution in [0.25, 0.3) is 0 Å². The Hall–Kier alpha value is -2.28. The second-order valence-electron chi connectivity index (χ2n) is 5.38. The van der Waals surface area contributed by atoms with Crippen LogP contribution in [0.1, 0.15) is 18.4 Å². The smallest absolute Gasteiger partial charge is 0.265 e. The molecule has 0 atom stereocenters. The van der Waals surface area contributed by atoms with Gasteiger partial charge in [0.05, 0.1) is 0 Å². The second-order valence-corrected chi connectivity index (χ2v) is 5.38. The summed E-state index contributed by atoms with van der Waals surface area (Å²) in [6.45, 7) is 1.94. The number of benzene rings is 1. The predicted molar refractivity (Wildman–Crippen MR) is 80.6 cm³/mol. The van der Waals surface area contributed by atoms with Crippen molar-refractivity contribution in [3.05, 3.63) is 35.4 Å². The summed E-state index contributed by atoms with van der Waals surface area (Å²) in [5.74, 6) is 0.0905. The molecule has 20 heavy (non-hydrogen) atoms. The van der Waals surface area contributed by atoms with Gasteiger partial charge in [-0.15, -0.1) is 0 Å². The molecule has 0 spiro atoms. The Morgan fingerprint density at radius 3 is 2.65 bits per heavy atom. The molecule has 0 heterocycles. The highest BCUT2D eigenvalue weighted by Crippen LogP contribution is 2.31. The number of nitrogens with zero attached hydrogens (tertiary/aromatic N) is 2. The molecule has 104 valence electrons. The van der Waals surface area contributed by atoms with Gasteiger partial charge in [0.25, 0.3) is 5.91 Å². The van der Waals surface area contributed by atoms with Crippen LogP contribution in [0.15, 0.2) is 29.8 Å². The minimum absolute atomic E-state index is 0.212. The number of rotatable bonds is 4. The van der Waals surface area contributed by atoms with Gasteiger partial charge >= 0.3 is 0 Å². The molecular weight excluding hydrogens is 250 g/mol. The van der Waals surface area contributed by atoms with E-state index in [1.165, 1.54) is 0 Å². The maximum atomic E-state index is 12.1. The van der Waals surface area contributed by atoms with E-state index in [0.717, 1.165) is 29.8 Å². The molecule has 0 unspecified atom stereocenters. The van der Waals surface area contributed by atoms with Crippen molar-refractivity contribution in [3.8, 4) is 6.07 Å². The van der Waals surface area contributed by atoms with Gasteiger partial charge in [0.1, 0.15) is 11.6 Å². The Kier molecular flexibility index (Phi) is 4.09. The lowest BCUT2D eigenvalue weighted by Gasteiger charge is -2.15. The van der Waals surface area contributed by atoms with Crippen LogP contribution < -0.4 is 10.2 Å². The SMILES string of the molecule is Cc1cc(N(C)C)ccc1NC(=O)/C(C#N)=C\C1CC1. The first-order valence-electron chi connectivity index (χ1n) is 6.72. The minimum Gasteiger partial charge on any atom is -0.378 e. The van der Waals surface area contributed by atoms with Crippen molar-refractivity contribution in [2.75, 3.05) is 24.3 Å². The maximum absolute atomic E-state index is 12.1. The van der Waals surface area contributed by atoms with E-state index in [1.54, 1.807) is 6.08 Å². The van der Waals surface area contributed by atoms with Crippen molar-refractivity contribution in [2.24, 2.45) is 5.92 Å². The molecule has 0 bridgehead atoms. The fourth-order valence-electron chi connectivity index (χ4n) is 1.92. The first-order chi connectivity index (χ1) is 9.51. The summed E-state index contributed by atoms with van der Waals surface area (Å²) in [5.41, 5.74) is 3.02. The Morgan fingerprint density at radius 1 is 1.45 bits per heavy atom. The summed E-state index contributed by atoms with van der Waals surface area (Å²) in [6, 6.07) is 7.80. The summed E-state index contributed by atoms with van der Waals surface area (Å²) in [4.78, 5) is 14.1. The normalized spacial score (nSPS) is 14.6. The van der Waals surface area contributed by atoms with Gasteiger partial charge in [-0.05, 0) is 49.4 Å². The van der Waals surface area contributed by atoms with Crippen LogP contribution in [0.2, 0.25) is 0 Å². The van der Waals surface area contributed by atoms with Gasteiger partial charge in [0.15, 0.2) is 0 Å². The van der Waals surface area contributed by atoms with Crippen molar-refractivity contribution >= 4 is 17.3 Å². The summed E-state index contributed by atoms with van der Waals surface area (Å²) in [7, 11) is 3.94. The molecule has 0 aliphatic heterocycles. The second kappa shape index (κ2) is 5.79. The third kappa shape index (κ3) is 3.39. The summed E-state index contributed by atoms with van der Waals surface area (Å²) < 4.78 is 0. The molecule has 1 saturated carbocycles. The molecule has 1 N–H and O–H groups in total. The number of anilines is 2. The van der Waals surface area contributed by atoms with Crippen LogP contribution in [0, 0.1) is 24.2 Å². The number of aryl methyl sites for hydroxylation is 1. The van der Waals surface area contributed by atoms with Crippen LogP contribution in [0.3, 0.4) is 0 Å². The van der Waals surface area contributed by atoms with Crippen LogP contribution in [0.4, 0.5) is 11.4 Å². The molecule has 1 aromatic carbocycles. The lowest BCUT2D eigenvalue weighted by molar-refractivity contribution is -0.112. The quantitative estimate of drug-likeness (QED) is 0.675. The van der Waals surface area contributed by atoms with Gasteiger partial charge in [0.2, 0.25) is 0 Å². The van der Waals surface area contributed by atoms with E-state index in [1.807, 2.05) is 50.2 Å². The Bertz CT molecular complexity index is 592. The largest absolute Gasteiger partial charge is 0.378 e. The Balaban J connectivity index is 2.13. The number of hydrogen-bond donors (Lipinski definition) is 1. The fourth-order valence-corrected chi connectivity index (χ4v) is 1.92. The van der Waals surface area contributed by atoms with Gasteiger partial charge in [-0.1, -0.05) is 6.08 Å². The topological polar surface area (TPSA) is 56.1 Å². The third-order valence-electron chi connectivity index (χ3n) is 3.36. The van der Waals surface area contributed by atoms with Gasteiger partial charge < -0.3 is 10.2 Å². The lowest BCUT2D eigenvalue weighted by atomic mass is 10.1. The molecule has 1 fully saturated rings. The Labute approximate surface area is 119 Å². The highest BCUT2D eigenvalue weighted by Gasteiger charge is 2.21. The number of nitriles is 1. The van der Waals surface area contributed by atoms with Crippen LogP contribution in [0.5, 0.6) is 0 Å². The summed E-state index contributed by atoms with van der Waals surface area (Å²) in [6.07, 6.45) is 3.93. The van der Waals surface area contributed by atoms with Crippen molar-refractivity contribution in [1.82, 2.24) is 0 Å². The molecule has 1 aromatic rings. The minimum atomic E-state index is -0.319. The molecule has 1 aliphatic carbocycles. The summed E-state index contributed by atoms with van der Waals surface area (Å²) >= 11 is 0. The first-order valence-corrected chi connectivity index (χ1v) is 6.72. The molecule has 0 aromatic heterocycles. The number of carbonyl (C=O) groups excluding carboxylic acids is 1. The van der Waals surface area contributed by atoms with E-state index in [4.69, 9.17) is 5.26 Å². The zero-order valence-electron chi connectivity index (χ0n) is 12.1. The number of nitrogens with one attached hydrogen (secondary N) is 1. The third-order valence-corrected chi connectivity index (χ3v) is 3.36. The standard InChI is InChI=1S/C16H19N3O/c1-11-8-14(19(2)3)6-7-15(11)18-16(20)13(10-17)9-12-4-5-12/h6-9,12H,4-5H2,1-3H3,(H,18,20)/b13-9-. The average molecular weight is 269 g/mol. The van der Waals surface area contributed by atoms with Crippen molar-refractivity contribution in [1.29, 1.82) is 5.26 Å². The molecule has 1 aliphatic rings. The molecule has 0 saturated heterocycles. The van der Waals surface area contributed by atoms with E-state index in [-0.39, 0.29) is 11.5 Å². The van der Waals surface area contributed by atoms with Crippen LogP contribution >= 0.6 is 0 Å². The molecule has 0 radical (unpaired) electrons. The van der Waals surface area contributed by atoms with E-state index >= 15 is 0 Å².